The Morgan fingerprint density at radius 1 is 1.31 bits per heavy atom. The molecule has 0 amide bonds. The summed E-state index contributed by atoms with van der Waals surface area (Å²) in [5, 5.41) is 12.5. The highest BCUT2D eigenvalue weighted by Crippen LogP contribution is 2.47. The zero-order valence-electron chi connectivity index (χ0n) is 17.8. The molecule has 2 fully saturated rings. The molecule has 0 spiro atoms. The standard InChI is InChI=1S/C23H39F2NO3/c1-3-16(9-11-22(27)28)19(7-5-13-29-2)17-8-10-20(21(14-17)23(24)25)18-6-4-12-26-15-18/h3,16-21,23,26H,1,4-15H2,2H3,(H,27,28). The number of aliphatic carboxylic acids is 1. The van der Waals surface area contributed by atoms with Crippen LogP contribution in [-0.2, 0) is 9.53 Å². The first-order valence-corrected chi connectivity index (χ1v) is 11.3. The van der Waals surface area contributed by atoms with Gasteiger partial charge in [0.1, 0.15) is 0 Å². The minimum absolute atomic E-state index is 0.0548. The molecule has 0 radical (unpaired) electrons. The molecule has 1 heterocycles. The lowest BCUT2D eigenvalue weighted by Crippen LogP contribution is -2.43. The Hall–Kier alpha value is -1.01. The zero-order chi connectivity index (χ0) is 21.2. The number of nitrogens with one attached hydrogen (secondary N) is 1. The van der Waals surface area contributed by atoms with Crippen LogP contribution in [0.2, 0.25) is 0 Å². The van der Waals surface area contributed by atoms with Gasteiger partial charge in [-0.3, -0.25) is 4.79 Å². The summed E-state index contributed by atoms with van der Waals surface area (Å²) in [6.45, 7) is 6.45. The summed E-state index contributed by atoms with van der Waals surface area (Å²) in [5.41, 5.74) is 0. The summed E-state index contributed by atoms with van der Waals surface area (Å²) >= 11 is 0. The van der Waals surface area contributed by atoms with Gasteiger partial charge in [0.25, 0.3) is 0 Å². The van der Waals surface area contributed by atoms with Gasteiger partial charge in [-0.2, -0.15) is 0 Å². The van der Waals surface area contributed by atoms with Crippen LogP contribution >= 0.6 is 0 Å². The molecule has 1 aliphatic carbocycles. The Morgan fingerprint density at radius 2 is 2.10 bits per heavy atom. The van der Waals surface area contributed by atoms with Crippen LogP contribution in [0.4, 0.5) is 8.78 Å². The van der Waals surface area contributed by atoms with Crippen LogP contribution in [-0.4, -0.2) is 44.3 Å². The van der Waals surface area contributed by atoms with Crippen molar-refractivity contribution in [1.82, 2.24) is 5.32 Å². The number of hydrogen-bond acceptors (Lipinski definition) is 3. The number of piperidine rings is 1. The zero-order valence-corrected chi connectivity index (χ0v) is 17.8. The largest absolute Gasteiger partial charge is 0.481 e. The fraction of sp³-hybridized carbons (Fsp3) is 0.870. The minimum atomic E-state index is -2.29. The molecule has 0 aromatic carbocycles. The molecule has 1 saturated heterocycles. The van der Waals surface area contributed by atoms with E-state index >= 15 is 0 Å². The molecule has 6 unspecified atom stereocenters. The van der Waals surface area contributed by atoms with E-state index in [2.05, 4.69) is 11.9 Å². The molecule has 0 bridgehead atoms. The second-order valence-corrected chi connectivity index (χ2v) is 8.97. The first-order valence-electron chi connectivity index (χ1n) is 11.3. The lowest BCUT2D eigenvalue weighted by Gasteiger charge is -2.45. The Morgan fingerprint density at radius 3 is 2.69 bits per heavy atom. The van der Waals surface area contributed by atoms with Crippen LogP contribution in [0.1, 0.15) is 57.8 Å². The van der Waals surface area contributed by atoms with Gasteiger partial charge in [-0.1, -0.05) is 6.08 Å². The lowest BCUT2D eigenvalue weighted by molar-refractivity contribution is -0.137. The summed E-state index contributed by atoms with van der Waals surface area (Å²) in [5.74, 6) is -0.444. The van der Waals surface area contributed by atoms with E-state index in [4.69, 9.17) is 9.84 Å². The number of carboxylic acids is 1. The van der Waals surface area contributed by atoms with Crippen molar-refractivity contribution in [3.63, 3.8) is 0 Å². The van der Waals surface area contributed by atoms with Crippen molar-refractivity contribution in [2.45, 2.75) is 64.2 Å². The van der Waals surface area contributed by atoms with Crippen LogP contribution in [0.3, 0.4) is 0 Å². The van der Waals surface area contributed by atoms with E-state index in [0.717, 1.165) is 51.6 Å². The first-order chi connectivity index (χ1) is 14.0. The summed E-state index contributed by atoms with van der Waals surface area (Å²) in [4.78, 5) is 11.1. The number of methoxy groups -OCH3 is 1. The van der Waals surface area contributed by atoms with Gasteiger partial charge >= 0.3 is 5.97 Å². The number of alkyl halides is 2. The van der Waals surface area contributed by atoms with Gasteiger partial charge in [0.15, 0.2) is 0 Å². The maximum atomic E-state index is 14.1. The summed E-state index contributed by atoms with van der Waals surface area (Å²) in [7, 11) is 1.67. The second kappa shape index (κ2) is 12.6. The fourth-order valence-electron chi connectivity index (χ4n) is 5.83. The smallest absolute Gasteiger partial charge is 0.303 e. The van der Waals surface area contributed by atoms with Gasteiger partial charge in [-0.05, 0) is 94.0 Å². The van der Waals surface area contributed by atoms with E-state index in [9.17, 15) is 13.6 Å². The van der Waals surface area contributed by atoms with Gasteiger partial charge in [0, 0.05) is 26.1 Å². The maximum Gasteiger partial charge on any atom is 0.303 e. The predicted octanol–water partition coefficient (Wildman–Crippen LogP) is 4.99. The molecule has 1 aliphatic heterocycles. The normalized spacial score (nSPS) is 30.1. The summed E-state index contributed by atoms with van der Waals surface area (Å²) in [6.07, 6.45) is 6.43. The van der Waals surface area contributed by atoms with Crippen LogP contribution < -0.4 is 5.32 Å². The minimum Gasteiger partial charge on any atom is -0.481 e. The number of rotatable bonds is 12. The van der Waals surface area contributed by atoms with Crippen molar-refractivity contribution >= 4 is 5.97 Å². The number of carbonyl (C=O) groups is 1. The Bertz CT molecular complexity index is 497. The lowest BCUT2D eigenvalue weighted by atomic mass is 9.62. The third-order valence-corrected chi connectivity index (χ3v) is 7.30. The van der Waals surface area contributed by atoms with E-state index in [1.807, 2.05) is 6.08 Å². The van der Waals surface area contributed by atoms with Crippen LogP contribution in [0, 0.1) is 35.5 Å². The highest BCUT2D eigenvalue weighted by molar-refractivity contribution is 5.66. The highest BCUT2D eigenvalue weighted by Gasteiger charge is 2.43. The molecule has 0 aromatic heterocycles. The number of halogens is 2. The fourth-order valence-corrected chi connectivity index (χ4v) is 5.83. The molecule has 4 nitrogen and oxygen atoms in total. The molecule has 2 aliphatic rings. The topological polar surface area (TPSA) is 58.6 Å². The molecular formula is C23H39F2NO3. The van der Waals surface area contributed by atoms with E-state index in [0.29, 0.717) is 25.4 Å². The average molecular weight is 416 g/mol. The number of ether oxygens (including phenoxy) is 1. The number of allylic oxidation sites excluding steroid dienone is 1. The van der Waals surface area contributed by atoms with Crippen LogP contribution in [0.15, 0.2) is 12.7 Å². The monoisotopic (exact) mass is 415 g/mol. The molecule has 0 aromatic rings. The third-order valence-electron chi connectivity index (χ3n) is 7.30. The molecule has 6 atom stereocenters. The van der Waals surface area contributed by atoms with Crippen molar-refractivity contribution in [2.75, 3.05) is 26.8 Å². The molecule has 1 saturated carbocycles. The van der Waals surface area contributed by atoms with Gasteiger partial charge in [-0.15, -0.1) is 6.58 Å². The first kappa shape index (κ1) is 24.3. The Balaban J connectivity index is 2.10. The molecule has 29 heavy (non-hydrogen) atoms. The SMILES string of the molecule is C=CC(CCC(=O)O)C(CCCOC)C1CCC(C2CCCNC2)C(C(F)F)C1. The Kier molecular flexibility index (Phi) is 10.6. The predicted molar refractivity (Wildman–Crippen MR) is 111 cm³/mol. The molecule has 2 rings (SSSR count). The summed E-state index contributed by atoms with van der Waals surface area (Å²) in [6, 6.07) is 0. The number of carboxylic acid groups (broad SMARTS) is 1. The third kappa shape index (κ3) is 7.32. The molecule has 2 N–H and O–H groups in total. The van der Waals surface area contributed by atoms with Crippen LogP contribution in [0.25, 0.3) is 0 Å². The number of hydrogen-bond donors (Lipinski definition) is 2. The summed E-state index contributed by atoms with van der Waals surface area (Å²) < 4.78 is 33.3. The highest BCUT2D eigenvalue weighted by atomic mass is 19.3. The maximum absolute atomic E-state index is 14.1. The van der Waals surface area contributed by atoms with Crippen molar-refractivity contribution in [3.8, 4) is 0 Å². The van der Waals surface area contributed by atoms with E-state index in [1.165, 1.54) is 0 Å². The molecule has 6 heteroatoms. The van der Waals surface area contributed by atoms with Gasteiger partial charge in [-0.25, -0.2) is 8.78 Å². The van der Waals surface area contributed by atoms with Gasteiger partial charge in [0.05, 0.1) is 0 Å². The van der Waals surface area contributed by atoms with Crippen molar-refractivity contribution in [2.24, 2.45) is 35.5 Å². The molecule has 168 valence electrons. The van der Waals surface area contributed by atoms with Crippen molar-refractivity contribution in [3.05, 3.63) is 12.7 Å². The van der Waals surface area contributed by atoms with Gasteiger partial charge in [0.2, 0.25) is 6.43 Å². The van der Waals surface area contributed by atoms with Crippen LogP contribution in [0.5, 0.6) is 0 Å². The molecular weight excluding hydrogens is 376 g/mol. The van der Waals surface area contributed by atoms with E-state index in [-0.39, 0.29) is 30.1 Å². The average Bonchev–Trinajstić information content (AvgIpc) is 2.73. The van der Waals surface area contributed by atoms with E-state index < -0.39 is 18.3 Å². The van der Waals surface area contributed by atoms with Crippen molar-refractivity contribution < 1.29 is 23.4 Å². The second-order valence-electron chi connectivity index (χ2n) is 8.97. The quantitative estimate of drug-likeness (QED) is 0.348. The van der Waals surface area contributed by atoms with Crippen molar-refractivity contribution in [1.29, 1.82) is 0 Å². The van der Waals surface area contributed by atoms with E-state index in [1.54, 1.807) is 7.11 Å². The van der Waals surface area contributed by atoms with Gasteiger partial charge < -0.3 is 15.2 Å². The Labute approximate surface area is 174 Å².